The van der Waals surface area contributed by atoms with E-state index in [9.17, 15) is 4.79 Å². The predicted octanol–water partition coefficient (Wildman–Crippen LogP) is 4.23. The van der Waals surface area contributed by atoms with Crippen LogP contribution in [-0.2, 0) is 0 Å². The number of fused-ring (bicyclic) bond motifs is 1. The molecule has 0 radical (unpaired) electrons. The van der Waals surface area contributed by atoms with E-state index in [1.807, 2.05) is 10.8 Å². The zero-order chi connectivity index (χ0) is 13.4. The molecule has 0 N–H and O–H groups in total. The summed E-state index contributed by atoms with van der Waals surface area (Å²) >= 11 is 5.07. The fraction of sp³-hybridized carbons (Fsp3) is 0.214. The van der Waals surface area contributed by atoms with Crippen LogP contribution >= 0.6 is 27.3 Å². The summed E-state index contributed by atoms with van der Waals surface area (Å²) in [4.78, 5) is 12.2. The molecule has 3 nitrogen and oxygen atoms in total. The summed E-state index contributed by atoms with van der Waals surface area (Å²) < 4.78 is 12.1. The molecule has 0 fully saturated rings. The van der Waals surface area contributed by atoms with E-state index >= 15 is 0 Å². The van der Waals surface area contributed by atoms with Crippen molar-refractivity contribution >= 4 is 33.0 Å². The van der Waals surface area contributed by atoms with Gasteiger partial charge in [0.15, 0.2) is 5.78 Å². The van der Waals surface area contributed by atoms with Crippen molar-refractivity contribution in [1.29, 1.82) is 0 Å². The first-order valence-corrected chi connectivity index (χ1v) is 7.52. The normalized spacial score (nSPS) is 17.8. The molecule has 0 bridgehead atoms. The second-order valence-electron chi connectivity index (χ2n) is 4.27. The largest absolute Gasteiger partial charge is 0.497 e. The fourth-order valence-electron chi connectivity index (χ4n) is 2.13. The molecule has 3 rings (SSSR count). The third-order valence-corrected chi connectivity index (χ3v) is 4.87. The molecule has 2 heterocycles. The lowest BCUT2D eigenvalue weighted by Gasteiger charge is -2.25. The summed E-state index contributed by atoms with van der Waals surface area (Å²) in [7, 11) is 1.60. The summed E-state index contributed by atoms with van der Waals surface area (Å²) in [5.41, 5.74) is 1.65. The van der Waals surface area contributed by atoms with Crippen LogP contribution in [0.2, 0.25) is 0 Å². The topological polar surface area (TPSA) is 35.5 Å². The Kier molecular flexibility index (Phi) is 3.33. The van der Waals surface area contributed by atoms with Crippen molar-refractivity contribution in [3.8, 4) is 11.5 Å². The Bertz CT molecular complexity index is 635. The zero-order valence-electron chi connectivity index (χ0n) is 10.2. The van der Waals surface area contributed by atoms with Crippen molar-refractivity contribution in [3.05, 3.63) is 44.6 Å². The number of carbonyl (C=O) groups is 1. The third-order valence-electron chi connectivity index (χ3n) is 3.12. The summed E-state index contributed by atoms with van der Waals surface area (Å²) in [6.45, 7) is 0. The van der Waals surface area contributed by atoms with Crippen molar-refractivity contribution < 1.29 is 14.3 Å². The van der Waals surface area contributed by atoms with Gasteiger partial charge in [-0.25, -0.2) is 0 Å². The molecule has 1 aromatic heterocycles. The summed E-state index contributed by atoms with van der Waals surface area (Å²) in [6.07, 6.45) is 0.141. The van der Waals surface area contributed by atoms with Gasteiger partial charge in [-0.1, -0.05) is 0 Å². The average Bonchev–Trinajstić information content (AvgIpc) is 2.84. The minimum Gasteiger partial charge on any atom is -0.497 e. The van der Waals surface area contributed by atoms with E-state index in [2.05, 4.69) is 15.9 Å². The Hall–Kier alpha value is -1.33. The van der Waals surface area contributed by atoms with Crippen molar-refractivity contribution in [1.82, 2.24) is 0 Å². The van der Waals surface area contributed by atoms with Crippen LogP contribution in [-0.4, -0.2) is 12.9 Å². The molecule has 1 atom stereocenters. The van der Waals surface area contributed by atoms with E-state index in [-0.39, 0.29) is 11.9 Å². The van der Waals surface area contributed by atoms with Gasteiger partial charge in [-0.2, -0.15) is 11.3 Å². The molecule has 0 saturated heterocycles. The second-order valence-corrected chi connectivity index (χ2v) is 5.87. The summed E-state index contributed by atoms with van der Waals surface area (Å²) in [6, 6.07) is 5.30. The van der Waals surface area contributed by atoms with Gasteiger partial charge in [0.2, 0.25) is 0 Å². The van der Waals surface area contributed by atoms with Gasteiger partial charge in [0.25, 0.3) is 0 Å². The van der Waals surface area contributed by atoms with Crippen LogP contribution in [0.1, 0.15) is 28.4 Å². The summed E-state index contributed by atoms with van der Waals surface area (Å²) in [5.74, 6) is 1.39. The van der Waals surface area contributed by atoms with Gasteiger partial charge >= 0.3 is 0 Å². The van der Waals surface area contributed by atoms with Crippen molar-refractivity contribution in [2.45, 2.75) is 12.5 Å². The molecule has 1 aliphatic rings. The van der Waals surface area contributed by atoms with Gasteiger partial charge in [0, 0.05) is 21.5 Å². The highest BCUT2D eigenvalue weighted by molar-refractivity contribution is 9.10. The van der Waals surface area contributed by atoms with Crippen molar-refractivity contribution in [3.63, 3.8) is 0 Å². The Morgan fingerprint density at radius 2 is 2.26 bits per heavy atom. The maximum absolute atomic E-state index is 12.2. The Morgan fingerprint density at radius 1 is 1.42 bits per heavy atom. The van der Waals surface area contributed by atoms with Gasteiger partial charge in [0.05, 0.1) is 19.1 Å². The average molecular weight is 339 g/mol. The molecular weight excluding hydrogens is 328 g/mol. The standard InChI is InChI=1S/C14H11BrO3S/c1-17-8-2-3-9-12(16)5-14(18-13(9)4-8)10-6-19-7-11(10)15/h2-4,6-7,14H,5H2,1H3. The van der Waals surface area contributed by atoms with E-state index < -0.39 is 0 Å². The lowest BCUT2D eigenvalue weighted by atomic mass is 9.97. The van der Waals surface area contributed by atoms with Crippen LogP contribution in [0.3, 0.4) is 0 Å². The third kappa shape index (κ3) is 2.28. The predicted molar refractivity (Wildman–Crippen MR) is 77.3 cm³/mol. The Labute approximate surface area is 123 Å². The maximum Gasteiger partial charge on any atom is 0.170 e. The first-order valence-electron chi connectivity index (χ1n) is 5.78. The molecular formula is C14H11BrO3S. The highest BCUT2D eigenvalue weighted by Gasteiger charge is 2.29. The van der Waals surface area contributed by atoms with Gasteiger partial charge in [-0.05, 0) is 33.4 Å². The number of ketones is 1. The van der Waals surface area contributed by atoms with Gasteiger partial charge < -0.3 is 9.47 Å². The Morgan fingerprint density at radius 3 is 2.95 bits per heavy atom. The van der Waals surface area contributed by atoms with E-state index in [1.54, 1.807) is 36.6 Å². The molecule has 98 valence electrons. The molecule has 19 heavy (non-hydrogen) atoms. The number of halogens is 1. The lowest BCUT2D eigenvalue weighted by Crippen LogP contribution is -2.20. The summed E-state index contributed by atoms with van der Waals surface area (Å²) in [5, 5.41) is 4.00. The SMILES string of the molecule is COc1ccc2c(c1)OC(c1cscc1Br)CC2=O. The van der Waals surface area contributed by atoms with E-state index in [0.717, 1.165) is 10.0 Å². The van der Waals surface area contributed by atoms with Crippen molar-refractivity contribution in [2.75, 3.05) is 7.11 Å². The van der Waals surface area contributed by atoms with Crippen LogP contribution in [0.4, 0.5) is 0 Å². The minimum absolute atomic E-state index is 0.104. The van der Waals surface area contributed by atoms with Gasteiger partial charge in [-0.15, -0.1) is 0 Å². The van der Waals surface area contributed by atoms with E-state index in [0.29, 0.717) is 23.5 Å². The van der Waals surface area contributed by atoms with Crippen LogP contribution in [0.5, 0.6) is 11.5 Å². The minimum atomic E-state index is -0.229. The first-order chi connectivity index (χ1) is 9.19. The van der Waals surface area contributed by atoms with E-state index in [4.69, 9.17) is 9.47 Å². The number of thiophene rings is 1. The Balaban J connectivity index is 1.99. The number of benzene rings is 1. The van der Waals surface area contributed by atoms with E-state index in [1.165, 1.54) is 0 Å². The number of carbonyl (C=O) groups excluding carboxylic acids is 1. The molecule has 1 unspecified atom stereocenters. The molecule has 5 heteroatoms. The quantitative estimate of drug-likeness (QED) is 0.822. The number of methoxy groups -OCH3 is 1. The first kappa shape index (κ1) is 12.7. The van der Waals surface area contributed by atoms with Gasteiger partial charge in [-0.3, -0.25) is 4.79 Å². The molecule has 2 aromatic rings. The molecule has 0 spiro atoms. The van der Waals surface area contributed by atoms with Gasteiger partial charge in [0.1, 0.15) is 17.6 Å². The fourth-order valence-corrected chi connectivity index (χ4v) is 3.72. The smallest absolute Gasteiger partial charge is 0.170 e. The van der Waals surface area contributed by atoms with Crippen molar-refractivity contribution in [2.24, 2.45) is 0 Å². The molecule has 0 amide bonds. The van der Waals surface area contributed by atoms with Crippen LogP contribution in [0.15, 0.2) is 33.4 Å². The molecule has 0 saturated carbocycles. The van der Waals surface area contributed by atoms with Crippen LogP contribution < -0.4 is 9.47 Å². The highest BCUT2D eigenvalue weighted by atomic mass is 79.9. The molecule has 1 aliphatic heterocycles. The monoisotopic (exact) mass is 338 g/mol. The number of ether oxygens (including phenoxy) is 2. The van der Waals surface area contributed by atoms with Crippen LogP contribution in [0, 0.1) is 0 Å². The maximum atomic E-state index is 12.2. The highest BCUT2D eigenvalue weighted by Crippen LogP contribution is 2.39. The number of hydrogen-bond donors (Lipinski definition) is 0. The number of rotatable bonds is 2. The molecule has 0 aliphatic carbocycles. The lowest BCUT2D eigenvalue weighted by molar-refractivity contribution is 0.0849. The number of hydrogen-bond acceptors (Lipinski definition) is 4. The second kappa shape index (κ2) is 4.98. The number of Topliss-reactive ketones (excluding diaryl/α,β-unsaturated/α-hetero) is 1. The van der Waals surface area contributed by atoms with Crippen LogP contribution in [0.25, 0.3) is 0 Å². The zero-order valence-corrected chi connectivity index (χ0v) is 12.6. The molecule has 1 aromatic carbocycles.